The minimum atomic E-state index is -0.162. The minimum Gasteiger partial charge on any atom is -0.376 e. The topological polar surface area (TPSA) is 58.6 Å². The minimum absolute atomic E-state index is 0.0225. The van der Waals surface area contributed by atoms with Crippen LogP contribution in [0.1, 0.15) is 44.9 Å². The fraction of sp³-hybridized carbons (Fsp3) is 0.867. The molecule has 112 valence electrons. The predicted octanol–water partition coefficient (Wildman–Crippen LogP) is 1.07. The average molecular weight is 280 g/mol. The first-order chi connectivity index (χ1) is 9.74. The number of carbonyl (C=O) groups excluding carboxylic acids is 2. The average Bonchev–Trinajstić information content (AvgIpc) is 3.17. The van der Waals surface area contributed by atoms with Crippen molar-refractivity contribution >= 4 is 11.8 Å². The highest BCUT2D eigenvalue weighted by molar-refractivity contribution is 5.89. The van der Waals surface area contributed by atoms with Crippen molar-refractivity contribution in [2.75, 3.05) is 19.7 Å². The van der Waals surface area contributed by atoms with Crippen LogP contribution >= 0.6 is 0 Å². The zero-order chi connectivity index (χ0) is 13.9. The van der Waals surface area contributed by atoms with Gasteiger partial charge in [0.25, 0.3) is 0 Å². The van der Waals surface area contributed by atoms with Crippen molar-refractivity contribution < 1.29 is 14.3 Å². The van der Waals surface area contributed by atoms with Gasteiger partial charge in [-0.1, -0.05) is 12.8 Å². The Balaban J connectivity index is 1.47. The Labute approximate surface area is 120 Å². The zero-order valence-corrected chi connectivity index (χ0v) is 12.0. The Morgan fingerprint density at radius 2 is 2.05 bits per heavy atom. The molecule has 0 spiro atoms. The molecule has 3 rings (SSSR count). The number of amides is 2. The summed E-state index contributed by atoms with van der Waals surface area (Å²) in [6.45, 7) is 2.01. The molecular weight excluding hydrogens is 256 g/mol. The highest BCUT2D eigenvalue weighted by atomic mass is 16.5. The second-order valence-corrected chi connectivity index (χ2v) is 6.27. The Hall–Kier alpha value is -1.10. The number of ether oxygens (including phenoxy) is 1. The molecule has 0 bridgehead atoms. The zero-order valence-electron chi connectivity index (χ0n) is 12.0. The summed E-state index contributed by atoms with van der Waals surface area (Å²) < 4.78 is 5.50. The maximum atomic E-state index is 12.2. The smallest absolute Gasteiger partial charge is 0.225 e. The summed E-state index contributed by atoms with van der Waals surface area (Å²) in [4.78, 5) is 26.2. The van der Waals surface area contributed by atoms with E-state index in [0.29, 0.717) is 25.6 Å². The van der Waals surface area contributed by atoms with Gasteiger partial charge in [-0.3, -0.25) is 9.59 Å². The van der Waals surface area contributed by atoms with E-state index in [0.717, 1.165) is 32.3 Å². The van der Waals surface area contributed by atoms with Gasteiger partial charge in [0, 0.05) is 32.2 Å². The summed E-state index contributed by atoms with van der Waals surface area (Å²) in [6, 6.07) is 0.387. The third kappa shape index (κ3) is 2.97. The lowest BCUT2D eigenvalue weighted by Crippen LogP contribution is -2.39. The molecule has 2 aliphatic heterocycles. The standard InChI is InChI=1S/C15H24N2O3/c18-14-8-11(10-17(14)12-4-1-2-5-12)15(19)16-9-13-6-3-7-20-13/h11-13H,1-10H2,(H,16,19)/t11-,13-/m0/s1. The third-order valence-electron chi connectivity index (χ3n) is 4.82. The van der Waals surface area contributed by atoms with Crippen LogP contribution in [0.15, 0.2) is 0 Å². The van der Waals surface area contributed by atoms with Gasteiger partial charge < -0.3 is 15.0 Å². The molecule has 1 N–H and O–H groups in total. The van der Waals surface area contributed by atoms with Crippen LogP contribution in [-0.4, -0.2) is 48.6 Å². The molecule has 0 radical (unpaired) electrons. The van der Waals surface area contributed by atoms with Crippen LogP contribution in [0, 0.1) is 5.92 Å². The number of rotatable bonds is 4. The van der Waals surface area contributed by atoms with Crippen LogP contribution in [0.25, 0.3) is 0 Å². The molecule has 0 aromatic carbocycles. The third-order valence-corrected chi connectivity index (χ3v) is 4.82. The number of hydrogen-bond donors (Lipinski definition) is 1. The summed E-state index contributed by atoms with van der Waals surface area (Å²) in [5.41, 5.74) is 0. The SMILES string of the molecule is O=C(NC[C@@H]1CCCO1)[C@H]1CC(=O)N(C2CCCC2)C1. The van der Waals surface area contributed by atoms with Crippen molar-refractivity contribution in [1.29, 1.82) is 0 Å². The molecule has 2 amide bonds. The lowest BCUT2D eigenvalue weighted by molar-refractivity contribution is -0.130. The van der Waals surface area contributed by atoms with E-state index in [4.69, 9.17) is 4.74 Å². The van der Waals surface area contributed by atoms with Crippen LogP contribution in [0.3, 0.4) is 0 Å². The second-order valence-electron chi connectivity index (χ2n) is 6.27. The summed E-state index contributed by atoms with van der Waals surface area (Å²) in [6.07, 6.45) is 7.30. The highest BCUT2D eigenvalue weighted by Gasteiger charge is 2.38. The maximum absolute atomic E-state index is 12.2. The van der Waals surface area contributed by atoms with Crippen LogP contribution in [0.5, 0.6) is 0 Å². The first-order valence-electron chi connectivity index (χ1n) is 7.93. The number of nitrogens with one attached hydrogen (secondary N) is 1. The molecule has 0 aromatic heterocycles. The number of carbonyl (C=O) groups is 2. The Kier molecular flexibility index (Phi) is 4.24. The fourth-order valence-electron chi connectivity index (χ4n) is 3.64. The Morgan fingerprint density at radius 1 is 1.25 bits per heavy atom. The van der Waals surface area contributed by atoms with Gasteiger partial charge in [-0.25, -0.2) is 0 Å². The van der Waals surface area contributed by atoms with Crippen LogP contribution in [0.2, 0.25) is 0 Å². The van der Waals surface area contributed by atoms with Crippen molar-refractivity contribution in [2.45, 2.75) is 57.1 Å². The molecule has 1 saturated carbocycles. The normalized spacial score (nSPS) is 31.2. The van der Waals surface area contributed by atoms with E-state index in [2.05, 4.69) is 5.32 Å². The number of likely N-dealkylation sites (tertiary alicyclic amines) is 1. The molecule has 5 heteroatoms. The summed E-state index contributed by atoms with van der Waals surface area (Å²) in [5.74, 6) is 0.0213. The second kappa shape index (κ2) is 6.12. The van der Waals surface area contributed by atoms with Gasteiger partial charge in [0.15, 0.2) is 0 Å². The lowest BCUT2D eigenvalue weighted by Gasteiger charge is -2.24. The van der Waals surface area contributed by atoms with Gasteiger partial charge in [-0.15, -0.1) is 0 Å². The van der Waals surface area contributed by atoms with Crippen molar-refractivity contribution in [3.05, 3.63) is 0 Å². The first kappa shape index (κ1) is 13.9. The van der Waals surface area contributed by atoms with E-state index in [1.165, 1.54) is 12.8 Å². The Bertz CT molecular complexity index is 373. The first-order valence-corrected chi connectivity index (χ1v) is 7.93. The molecule has 20 heavy (non-hydrogen) atoms. The number of nitrogens with zero attached hydrogens (tertiary/aromatic N) is 1. The van der Waals surface area contributed by atoms with Gasteiger partial charge in [-0.05, 0) is 25.7 Å². The lowest BCUT2D eigenvalue weighted by atomic mass is 10.1. The van der Waals surface area contributed by atoms with E-state index in [1.807, 2.05) is 4.90 Å². The fourth-order valence-corrected chi connectivity index (χ4v) is 3.64. The van der Waals surface area contributed by atoms with E-state index >= 15 is 0 Å². The van der Waals surface area contributed by atoms with Crippen molar-refractivity contribution in [3.63, 3.8) is 0 Å². The summed E-state index contributed by atoms with van der Waals surface area (Å²) >= 11 is 0. The molecule has 0 unspecified atom stereocenters. The molecule has 5 nitrogen and oxygen atoms in total. The molecule has 1 aliphatic carbocycles. The molecule has 2 atom stereocenters. The Morgan fingerprint density at radius 3 is 2.75 bits per heavy atom. The highest BCUT2D eigenvalue weighted by Crippen LogP contribution is 2.29. The van der Waals surface area contributed by atoms with Gasteiger partial charge in [0.1, 0.15) is 0 Å². The van der Waals surface area contributed by atoms with E-state index < -0.39 is 0 Å². The molecule has 0 aromatic rings. The van der Waals surface area contributed by atoms with Crippen LogP contribution in [0.4, 0.5) is 0 Å². The number of hydrogen-bond acceptors (Lipinski definition) is 3. The van der Waals surface area contributed by atoms with Crippen molar-refractivity contribution in [1.82, 2.24) is 10.2 Å². The van der Waals surface area contributed by atoms with E-state index in [-0.39, 0.29) is 23.8 Å². The maximum Gasteiger partial charge on any atom is 0.225 e. The summed E-state index contributed by atoms with van der Waals surface area (Å²) in [5, 5.41) is 2.96. The van der Waals surface area contributed by atoms with Gasteiger partial charge in [0.05, 0.1) is 12.0 Å². The van der Waals surface area contributed by atoms with Crippen molar-refractivity contribution in [2.24, 2.45) is 5.92 Å². The van der Waals surface area contributed by atoms with Gasteiger partial charge >= 0.3 is 0 Å². The van der Waals surface area contributed by atoms with Crippen LogP contribution in [-0.2, 0) is 14.3 Å². The predicted molar refractivity (Wildman–Crippen MR) is 74.1 cm³/mol. The van der Waals surface area contributed by atoms with E-state index in [9.17, 15) is 9.59 Å². The van der Waals surface area contributed by atoms with Crippen LogP contribution < -0.4 is 5.32 Å². The van der Waals surface area contributed by atoms with Crippen molar-refractivity contribution in [3.8, 4) is 0 Å². The largest absolute Gasteiger partial charge is 0.376 e. The quantitative estimate of drug-likeness (QED) is 0.838. The van der Waals surface area contributed by atoms with E-state index in [1.54, 1.807) is 0 Å². The summed E-state index contributed by atoms with van der Waals surface area (Å²) in [7, 11) is 0. The molecule has 2 saturated heterocycles. The molecule has 2 heterocycles. The monoisotopic (exact) mass is 280 g/mol. The molecule has 3 fully saturated rings. The van der Waals surface area contributed by atoms with Gasteiger partial charge in [-0.2, -0.15) is 0 Å². The molecule has 3 aliphatic rings. The molecular formula is C15H24N2O3. The van der Waals surface area contributed by atoms with Gasteiger partial charge in [0.2, 0.25) is 11.8 Å².